The zero-order valence-electron chi connectivity index (χ0n) is 15.0. The third-order valence-corrected chi connectivity index (χ3v) is 6.62. The summed E-state index contributed by atoms with van der Waals surface area (Å²) >= 11 is 0. The summed E-state index contributed by atoms with van der Waals surface area (Å²) in [4.78, 5) is 15.4. The normalized spacial score (nSPS) is 24.4. The Hall–Kier alpha value is -1.42. The van der Waals surface area contributed by atoms with Crippen molar-refractivity contribution < 1.29 is 9.18 Å². The minimum Gasteiger partial charge on any atom is -0.355 e. The molecule has 0 aromatic heterocycles. The summed E-state index contributed by atoms with van der Waals surface area (Å²) in [6.07, 6.45) is 9.69. The van der Waals surface area contributed by atoms with E-state index < -0.39 is 5.41 Å². The second-order valence-electron chi connectivity index (χ2n) is 8.22. The van der Waals surface area contributed by atoms with Crippen LogP contribution in [0.3, 0.4) is 0 Å². The van der Waals surface area contributed by atoms with E-state index in [4.69, 9.17) is 0 Å². The summed E-state index contributed by atoms with van der Waals surface area (Å²) in [5.74, 6) is 0.497. The summed E-state index contributed by atoms with van der Waals surface area (Å²) < 4.78 is 13.1. The number of hydrogen-bond donors (Lipinski definition) is 1. The minimum absolute atomic E-state index is 0.136. The van der Waals surface area contributed by atoms with Gasteiger partial charge in [0.15, 0.2) is 0 Å². The molecular formula is C21H29FN2O. The van der Waals surface area contributed by atoms with Crippen molar-refractivity contribution in [2.24, 2.45) is 5.92 Å². The number of halogens is 1. The minimum atomic E-state index is -0.391. The number of hydrogen-bond acceptors (Lipinski definition) is 2. The second-order valence-corrected chi connectivity index (χ2v) is 8.22. The molecule has 1 saturated heterocycles. The van der Waals surface area contributed by atoms with Crippen LogP contribution in [0.15, 0.2) is 24.3 Å². The van der Waals surface area contributed by atoms with Crippen molar-refractivity contribution >= 4 is 5.91 Å². The molecule has 1 amide bonds. The number of nitrogens with one attached hydrogen (secondary N) is 1. The molecule has 2 aliphatic carbocycles. The zero-order chi connectivity index (χ0) is 17.3. The van der Waals surface area contributed by atoms with Gasteiger partial charge in [-0.05, 0) is 75.2 Å². The van der Waals surface area contributed by atoms with Gasteiger partial charge in [-0.3, -0.25) is 4.79 Å². The largest absolute Gasteiger partial charge is 0.355 e. The van der Waals surface area contributed by atoms with Crippen LogP contribution >= 0.6 is 0 Å². The number of amides is 1. The molecule has 1 aromatic rings. The van der Waals surface area contributed by atoms with Crippen LogP contribution in [0.1, 0.15) is 56.9 Å². The molecule has 1 N–H and O–H groups in total. The molecule has 1 heterocycles. The smallest absolute Gasteiger partial charge is 0.230 e. The predicted octanol–water partition coefficient (Wildman–Crippen LogP) is 3.63. The number of carbonyl (C=O) groups is 1. The molecule has 0 bridgehead atoms. The Bertz CT molecular complexity index is 597. The van der Waals surface area contributed by atoms with Crippen molar-refractivity contribution in [2.75, 3.05) is 19.6 Å². The van der Waals surface area contributed by atoms with Gasteiger partial charge in [-0.1, -0.05) is 25.0 Å². The Kier molecular flexibility index (Phi) is 4.81. The molecule has 25 heavy (non-hydrogen) atoms. The van der Waals surface area contributed by atoms with E-state index in [1.54, 1.807) is 12.1 Å². The summed E-state index contributed by atoms with van der Waals surface area (Å²) in [5.41, 5.74) is 0.570. The van der Waals surface area contributed by atoms with Crippen molar-refractivity contribution in [2.45, 2.75) is 62.8 Å². The van der Waals surface area contributed by atoms with Crippen LogP contribution in [-0.2, 0) is 10.2 Å². The molecule has 2 saturated carbocycles. The van der Waals surface area contributed by atoms with E-state index in [-0.39, 0.29) is 11.7 Å². The highest BCUT2D eigenvalue weighted by atomic mass is 19.1. The topological polar surface area (TPSA) is 32.3 Å². The highest BCUT2D eigenvalue weighted by Crippen LogP contribution is 2.48. The average molecular weight is 344 g/mol. The Labute approximate surface area is 150 Å². The Morgan fingerprint density at radius 2 is 1.72 bits per heavy atom. The van der Waals surface area contributed by atoms with Gasteiger partial charge >= 0.3 is 0 Å². The van der Waals surface area contributed by atoms with Gasteiger partial charge in [-0.15, -0.1) is 0 Å². The molecule has 4 heteroatoms. The maximum absolute atomic E-state index is 13.1. The maximum atomic E-state index is 13.1. The lowest BCUT2D eigenvalue weighted by Crippen LogP contribution is -2.44. The van der Waals surface area contributed by atoms with Crippen LogP contribution in [0.2, 0.25) is 0 Å². The first-order valence-electron chi connectivity index (χ1n) is 9.96. The van der Waals surface area contributed by atoms with Crippen molar-refractivity contribution in [3.8, 4) is 0 Å². The number of piperidine rings is 1. The molecule has 3 nitrogen and oxygen atoms in total. The number of carbonyl (C=O) groups excluding carboxylic acids is 1. The molecule has 4 rings (SSSR count). The van der Waals surface area contributed by atoms with Crippen LogP contribution in [0, 0.1) is 11.7 Å². The van der Waals surface area contributed by atoms with E-state index in [0.717, 1.165) is 31.0 Å². The van der Waals surface area contributed by atoms with Crippen LogP contribution < -0.4 is 5.32 Å². The first kappa shape index (κ1) is 17.0. The van der Waals surface area contributed by atoms with Gasteiger partial charge in [0, 0.05) is 12.6 Å². The third-order valence-electron chi connectivity index (χ3n) is 6.62. The molecular weight excluding hydrogens is 315 g/mol. The average Bonchev–Trinajstić information content (AvgIpc) is 3.27. The van der Waals surface area contributed by atoms with Gasteiger partial charge in [-0.2, -0.15) is 0 Å². The number of rotatable bonds is 5. The lowest BCUT2D eigenvalue weighted by molar-refractivity contribution is -0.123. The maximum Gasteiger partial charge on any atom is 0.230 e. The summed E-state index contributed by atoms with van der Waals surface area (Å²) in [7, 11) is 0. The number of likely N-dealkylation sites (tertiary alicyclic amines) is 1. The summed E-state index contributed by atoms with van der Waals surface area (Å²) in [5, 5.41) is 3.20. The van der Waals surface area contributed by atoms with E-state index in [1.165, 1.54) is 63.7 Å². The molecule has 0 atom stereocenters. The quantitative estimate of drug-likeness (QED) is 0.885. The van der Waals surface area contributed by atoms with Crippen molar-refractivity contribution in [3.63, 3.8) is 0 Å². The number of nitrogens with zero attached hydrogens (tertiary/aromatic N) is 1. The Balaban J connectivity index is 1.26. The lowest BCUT2D eigenvalue weighted by atomic mass is 9.93. The fraction of sp³-hybridized carbons (Fsp3) is 0.667. The zero-order valence-corrected chi connectivity index (χ0v) is 15.0. The molecule has 1 aromatic carbocycles. The molecule has 0 unspecified atom stereocenters. The fourth-order valence-corrected chi connectivity index (χ4v) is 4.74. The number of benzene rings is 1. The predicted molar refractivity (Wildman–Crippen MR) is 96.9 cm³/mol. The second kappa shape index (κ2) is 7.06. The molecule has 0 spiro atoms. The first-order chi connectivity index (χ1) is 12.2. The summed E-state index contributed by atoms with van der Waals surface area (Å²) in [6, 6.07) is 7.27. The van der Waals surface area contributed by atoms with E-state index in [0.29, 0.717) is 5.92 Å². The van der Waals surface area contributed by atoms with Crippen molar-refractivity contribution in [1.82, 2.24) is 10.2 Å². The first-order valence-corrected chi connectivity index (χ1v) is 9.96. The molecule has 136 valence electrons. The monoisotopic (exact) mass is 344 g/mol. The van der Waals surface area contributed by atoms with Gasteiger partial charge in [0.25, 0.3) is 0 Å². The van der Waals surface area contributed by atoms with Crippen molar-refractivity contribution in [1.29, 1.82) is 0 Å². The van der Waals surface area contributed by atoms with Crippen LogP contribution in [-0.4, -0.2) is 36.5 Å². The highest BCUT2D eigenvalue weighted by Gasteiger charge is 2.51. The van der Waals surface area contributed by atoms with E-state index in [9.17, 15) is 9.18 Å². The van der Waals surface area contributed by atoms with Gasteiger partial charge in [0.1, 0.15) is 5.82 Å². The molecule has 1 aliphatic heterocycles. The Morgan fingerprint density at radius 1 is 1.08 bits per heavy atom. The van der Waals surface area contributed by atoms with E-state index in [2.05, 4.69) is 10.2 Å². The Morgan fingerprint density at radius 3 is 2.32 bits per heavy atom. The van der Waals surface area contributed by atoms with Crippen molar-refractivity contribution in [3.05, 3.63) is 35.6 Å². The van der Waals surface area contributed by atoms with Gasteiger partial charge in [0.05, 0.1) is 5.41 Å². The molecule has 0 radical (unpaired) electrons. The van der Waals surface area contributed by atoms with Gasteiger partial charge in [0.2, 0.25) is 5.91 Å². The molecule has 3 aliphatic rings. The SMILES string of the molecule is O=C(NCC1CCN(C2CCCC2)CC1)C1(c2ccc(F)cc2)CC1. The van der Waals surface area contributed by atoms with E-state index in [1.807, 2.05) is 0 Å². The lowest BCUT2D eigenvalue weighted by Gasteiger charge is -2.36. The summed E-state index contributed by atoms with van der Waals surface area (Å²) in [6.45, 7) is 3.17. The third kappa shape index (κ3) is 3.59. The highest BCUT2D eigenvalue weighted by molar-refractivity contribution is 5.91. The van der Waals surface area contributed by atoms with Gasteiger partial charge < -0.3 is 10.2 Å². The molecule has 3 fully saturated rings. The van der Waals surface area contributed by atoms with Gasteiger partial charge in [-0.25, -0.2) is 4.39 Å². The standard InChI is InChI=1S/C21H29FN2O/c22-18-7-5-17(6-8-18)21(11-12-21)20(25)23-15-16-9-13-24(14-10-16)19-3-1-2-4-19/h5-8,16,19H,1-4,9-15H2,(H,23,25). The van der Waals surface area contributed by atoms with Crippen LogP contribution in [0.5, 0.6) is 0 Å². The fourth-order valence-electron chi connectivity index (χ4n) is 4.74. The van der Waals surface area contributed by atoms with Crippen LogP contribution in [0.4, 0.5) is 4.39 Å². The van der Waals surface area contributed by atoms with E-state index >= 15 is 0 Å². The van der Waals surface area contributed by atoms with Crippen LogP contribution in [0.25, 0.3) is 0 Å².